The van der Waals surface area contributed by atoms with E-state index in [-0.39, 0.29) is 10.6 Å². The van der Waals surface area contributed by atoms with E-state index >= 15 is 0 Å². The van der Waals surface area contributed by atoms with Crippen LogP contribution in [0.4, 0.5) is 0 Å². The van der Waals surface area contributed by atoms with Gasteiger partial charge in [0.25, 0.3) is 0 Å². The molecule has 0 radical (unpaired) electrons. The highest BCUT2D eigenvalue weighted by Gasteiger charge is 2.08. The molecule has 15 heavy (non-hydrogen) atoms. The van der Waals surface area contributed by atoms with E-state index < -0.39 is 5.97 Å². The van der Waals surface area contributed by atoms with Crippen molar-refractivity contribution in [1.82, 2.24) is 0 Å². The molecule has 82 valence electrons. The van der Waals surface area contributed by atoms with Crippen molar-refractivity contribution in [1.29, 1.82) is 0 Å². The fourth-order valence-electron chi connectivity index (χ4n) is 1.00. The van der Waals surface area contributed by atoms with Crippen molar-refractivity contribution in [2.24, 2.45) is 0 Å². The number of methoxy groups -OCH3 is 1. The first-order chi connectivity index (χ1) is 7.15. The summed E-state index contributed by atoms with van der Waals surface area (Å²) >= 11 is 5.75. The summed E-state index contributed by atoms with van der Waals surface area (Å²) in [6, 6.07) is 4.44. The molecule has 1 N–H and O–H groups in total. The molecule has 0 aromatic heterocycles. The average Bonchev–Trinajstić information content (AvgIpc) is 2.17. The second-order valence-corrected chi connectivity index (χ2v) is 3.20. The van der Waals surface area contributed by atoms with E-state index in [9.17, 15) is 4.79 Å². The Morgan fingerprint density at radius 3 is 2.73 bits per heavy atom. The van der Waals surface area contributed by atoms with Crippen LogP contribution < -0.4 is 4.74 Å². The van der Waals surface area contributed by atoms with E-state index in [1.807, 2.05) is 0 Å². The lowest BCUT2D eigenvalue weighted by Crippen LogP contribution is -2.05. The van der Waals surface area contributed by atoms with Gasteiger partial charge in [-0.2, -0.15) is 0 Å². The summed E-state index contributed by atoms with van der Waals surface area (Å²) < 4.78 is 10.1. The third-order valence-electron chi connectivity index (χ3n) is 1.73. The summed E-state index contributed by atoms with van der Waals surface area (Å²) in [5.41, 5.74) is 0.0655. The third kappa shape index (κ3) is 3.42. The topological polar surface area (TPSA) is 55.8 Å². The molecule has 0 amide bonds. The summed E-state index contributed by atoms with van der Waals surface area (Å²) in [6.45, 7) is 0.873. The van der Waals surface area contributed by atoms with E-state index in [0.717, 1.165) is 0 Å². The van der Waals surface area contributed by atoms with Crippen molar-refractivity contribution in [3.63, 3.8) is 0 Å². The Hall–Kier alpha value is -1.26. The number of hydrogen-bond donors (Lipinski definition) is 1. The van der Waals surface area contributed by atoms with E-state index in [1.54, 1.807) is 13.2 Å². The second-order valence-electron chi connectivity index (χ2n) is 2.79. The van der Waals surface area contributed by atoms with E-state index in [0.29, 0.717) is 19.0 Å². The van der Waals surface area contributed by atoms with Crippen molar-refractivity contribution in [3.05, 3.63) is 28.8 Å². The molecular formula is C10H11ClO4. The first-order valence-corrected chi connectivity index (χ1v) is 4.67. The highest BCUT2D eigenvalue weighted by molar-refractivity contribution is 6.33. The lowest BCUT2D eigenvalue weighted by atomic mass is 10.2. The standard InChI is InChI=1S/C10H11ClO4/c1-14-4-5-15-7-2-3-8(10(12)13)9(11)6-7/h2-3,6H,4-5H2,1H3,(H,12,13). The highest BCUT2D eigenvalue weighted by Crippen LogP contribution is 2.22. The molecule has 1 aromatic carbocycles. The Balaban J connectivity index is 2.69. The monoisotopic (exact) mass is 230 g/mol. The number of carboxylic acids is 1. The zero-order chi connectivity index (χ0) is 11.3. The lowest BCUT2D eigenvalue weighted by molar-refractivity contribution is 0.0697. The van der Waals surface area contributed by atoms with Crippen LogP contribution in [0.15, 0.2) is 18.2 Å². The molecule has 0 atom stereocenters. The Morgan fingerprint density at radius 1 is 1.47 bits per heavy atom. The predicted octanol–water partition coefficient (Wildman–Crippen LogP) is 2.06. The largest absolute Gasteiger partial charge is 0.491 e. The van der Waals surface area contributed by atoms with Crippen LogP contribution in [0, 0.1) is 0 Å². The number of carboxylic acid groups (broad SMARTS) is 1. The van der Waals surface area contributed by atoms with Gasteiger partial charge in [-0.25, -0.2) is 4.79 Å². The van der Waals surface area contributed by atoms with Gasteiger partial charge in [-0.1, -0.05) is 11.6 Å². The van der Waals surface area contributed by atoms with Crippen LogP contribution in [0.2, 0.25) is 5.02 Å². The third-order valence-corrected chi connectivity index (χ3v) is 2.04. The van der Waals surface area contributed by atoms with Crippen molar-refractivity contribution in [3.8, 4) is 5.75 Å². The predicted molar refractivity (Wildman–Crippen MR) is 55.8 cm³/mol. The SMILES string of the molecule is COCCOc1ccc(C(=O)O)c(Cl)c1. The summed E-state index contributed by atoms with van der Waals surface area (Å²) in [5.74, 6) is -0.523. The second kappa shape index (κ2) is 5.58. The summed E-state index contributed by atoms with van der Waals surface area (Å²) in [6.07, 6.45) is 0. The molecule has 0 aliphatic carbocycles. The van der Waals surface area contributed by atoms with Crippen LogP contribution in [0.3, 0.4) is 0 Å². The van der Waals surface area contributed by atoms with Gasteiger partial charge in [-0.3, -0.25) is 0 Å². The van der Waals surface area contributed by atoms with Crippen LogP contribution >= 0.6 is 11.6 Å². The number of carbonyl (C=O) groups is 1. The normalized spacial score (nSPS) is 10.0. The molecule has 1 aromatic rings. The molecular weight excluding hydrogens is 220 g/mol. The molecule has 1 rings (SSSR count). The molecule has 0 spiro atoms. The molecule has 0 bridgehead atoms. The van der Waals surface area contributed by atoms with Gasteiger partial charge in [-0.05, 0) is 18.2 Å². The number of rotatable bonds is 5. The van der Waals surface area contributed by atoms with Crippen LogP contribution in [0.25, 0.3) is 0 Å². The van der Waals surface area contributed by atoms with Crippen molar-refractivity contribution >= 4 is 17.6 Å². The Labute approximate surface area is 92.4 Å². The van der Waals surface area contributed by atoms with E-state index in [1.165, 1.54) is 12.1 Å². The zero-order valence-electron chi connectivity index (χ0n) is 8.20. The minimum absolute atomic E-state index is 0.0655. The van der Waals surface area contributed by atoms with Gasteiger partial charge in [0, 0.05) is 7.11 Å². The smallest absolute Gasteiger partial charge is 0.337 e. The van der Waals surface area contributed by atoms with Crippen LogP contribution in [-0.2, 0) is 4.74 Å². The summed E-state index contributed by atoms with van der Waals surface area (Å²) in [4.78, 5) is 10.6. The Bertz CT molecular complexity index is 351. The van der Waals surface area contributed by atoms with Crippen LogP contribution in [0.1, 0.15) is 10.4 Å². The molecule has 0 saturated carbocycles. The molecule has 4 nitrogen and oxygen atoms in total. The minimum Gasteiger partial charge on any atom is -0.491 e. The highest BCUT2D eigenvalue weighted by atomic mass is 35.5. The van der Waals surface area contributed by atoms with Gasteiger partial charge in [-0.15, -0.1) is 0 Å². The fraction of sp³-hybridized carbons (Fsp3) is 0.300. The number of aromatic carboxylic acids is 1. The maximum absolute atomic E-state index is 10.6. The van der Waals surface area contributed by atoms with Crippen molar-refractivity contribution < 1.29 is 19.4 Å². The van der Waals surface area contributed by atoms with Gasteiger partial charge in [0.05, 0.1) is 17.2 Å². The van der Waals surface area contributed by atoms with Crippen molar-refractivity contribution in [2.45, 2.75) is 0 Å². The molecule has 0 saturated heterocycles. The maximum Gasteiger partial charge on any atom is 0.337 e. The molecule has 0 aliphatic rings. The van der Waals surface area contributed by atoms with Gasteiger partial charge in [0.2, 0.25) is 0 Å². The quantitative estimate of drug-likeness (QED) is 0.787. The zero-order valence-corrected chi connectivity index (χ0v) is 8.95. The Morgan fingerprint density at radius 2 is 2.20 bits per heavy atom. The summed E-state index contributed by atoms with van der Waals surface area (Å²) in [7, 11) is 1.57. The molecule has 0 unspecified atom stereocenters. The first-order valence-electron chi connectivity index (χ1n) is 4.29. The number of benzene rings is 1. The maximum atomic E-state index is 10.6. The molecule has 0 aliphatic heterocycles. The van der Waals surface area contributed by atoms with Gasteiger partial charge in [0.1, 0.15) is 12.4 Å². The minimum atomic E-state index is -1.05. The molecule has 5 heteroatoms. The fourth-order valence-corrected chi connectivity index (χ4v) is 1.25. The number of hydrogen-bond acceptors (Lipinski definition) is 3. The van der Waals surface area contributed by atoms with Crippen LogP contribution in [-0.4, -0.2) is 31.4 Å². The first kappa shape index (κ1) is 11.8. The Kier molecular flexibility index (Phi) is 4.39. The van der Waals surface area contributed by atoms with Gasteiger partial charge >= 0.3 is 5.97 Å². The average molecular weight is 231 g/mol. The lowest BCUT2D eigenvalue weighted by Gasteiger charge is -2.06. The summed E-state index contributed by atoms with van der Waals surface area (Å²) in [5, 5.41) is 8.89. The molecule has 0 fully saturated rings. The number of halogens is 1. The van der Waals surface area contributed by atoms with Gasteiger partial charge < -0.3 is 14.6 Å². The van der Waals surface area contributed by atoms with Gasteiger partial charge in [0.15, 0.2) is 0 Å². The van der Waals surface area contributed by atoms with Crippen molar-refractivity contribution in [2.75, 3.05) is 20.3 Å². The molecule has 0 heterocycles. The van der Waals surface area contributed by atoms with Crippen LogP contribution in [0.5, 0.6) is 5.75 Å². The number of ether oxygens (including phenoxy) is 2. The van der Waals surface area contributed by atoms with E-state index in [4.69, 9.17) is 26.2 Å². The van der Waals surface area contributed by atoms with E-state index in [2.05, 4.69) is 0 Å².